The van der Waals surface area contributed by atoms with E-state index in [1.165, 1.54) is 0 Å². The van der Waals surface area contributed by atoms with Crippen molar-refractivity contribution in [1.29, 1.82) is 0 Å². The van der Waals surface area contributed by atoms with Crippen molar-refractivity contribution in [2.75, 3.05) is 14.2 Å². The van der Waals surface area contributed by atoms with E-state index in [9.17, 15) is 0 Å². The lowest BCUT2D eigenvalue weighted by atomic mass is 10.0. The highest BCUT2D eigenvalue weighted by Crippen LogP contribution is 2.40. The van der Waals surface area contributed by atoms with Crippen LogP contribution in [0.4, 0.5) is 0 Å². The van der Waals surface area contributed by atoms with Crippen LogP contribution in [-0.2, 0) is 0 Å². The fourth-order valence-corrected chi connectivity index (χ4v) is 4.45. The Morgan fingerprint density at radius 3 is 2.31 bits per heavy atom. The number of benzene rings is 3. The molecular weight excluding hydrogens is 380 g/mol. The molecule has 142 valence electrons. The van der Waals surface area contributed by atoms with Crippen molar-refractivity contribution in [3.8, 4) is 33.3 Å². The Kier molecular flexibility index (Phi) is 4.37. The summed E-state index contributed by atoms with van der Waals surface area (Å²) in [5.74, 6) is 1.45. The van der Waals surface area contributed by atoms with E-state index < -0.39 is 0 Å². The first-order valence-electron chi connectivity index (χ1n) is 9.25. The van der Waals surface area contributed by atoms with Gasteiger partial charge in [0.25, 0.3) is 0 Å². The number of aromatic nitrogens is 2. The van der Waals surface area contributed by atoms with Crippen molar-refractivity contribution in [2.24, 2.45) is 0 Å². The van der Waals surface area contributed by atoms with Gasteiger partial charge in [-0.2, -0.15) is 0 Å². The molecule has 0 aliphatic heterocycles. The summed E-state index contributed by atoms with van der Waals surface area (Å²) >= 11 is 1.67. The Morgan fingerprint density at radius 2 is 1.55 bits per heavy atom. The van der Waals surface area contributed by atoms with Gasteiger partial charge in [0.05, 0.1) is 35.6 Å². The third-order valence-electron chi connectivity index (χ3n) is 4.90. The number of fused-ring (bicyclic) bond motifs is 2. The molecule has 0 bridgehead atoms. The minimum absolute atomic E-state index is 0.716. The smallest absolute Gasteiger partial charge is 0.131 e. The first-order chi connectivity index (χ1) is 14.3. The van der Waals surface area contributed by atoms with Crippen molar-refractivity contribution < 1.29 is 9.47 Å². The van der Waals surface area contributed by atoms with Crippen LogP contribution in [0.1, 0.15) is 0 Å². The molecule has 0 unspecified atom stereocenters. The predicted octanol–water partition coefficient (Wildman–Crippen LogP) is 6.20. The lowest BCUT2D eigenvalue weighted by molar-refractivity contribution is 0.398. The quantitative estimate of drug-likeness (QED) is 0.362. The van der Waals surface area contributed by atoms with Crippen molar-refractivity contribution in [2.45, 2.75) is 0 Å². The number of ether oxygens (including phenoxy) is 2. The molecule has 5 heteroatoms. The summed E-state index contributed by atoms with van der Waals surface area (Å²) in [7, 11) is 3.31. The molecule has 0 spiro atoms. The summed E-state index contributed by atoms with van der Waals surface area (Å²) in [4.78, 5) is 9.89. The van der Waals surface area contributed by atoms with Gasteiger partial charge in [-0.3, -0.25) is 0 Å². The molecule has 0 fully saturated rings. The number of nitrogens with zero attached hydrogens (tertiary/aromatic N) is 2. The highest BCUT2D eigenvalue weighted by molar-refractivity contribution is 7.21. The molecule has 0 saturated heterocycles. The van der Waals surface area contributed by atoms with Crippen LogP contribution in [0, 0.1) is 0 Å². The van der Waals surface area contributed by atoms with E-state index in [0.717, 1.165) is 48.7 Å². The highest BCUT2D eigenvalue weighted by Gasteiger charge is 2.17. The van der Waals surface area contributed by atoms with E-state index in [-0.39, 0.29) is 0 Å². The van der Waals surface area contributed by atoms with E-state index in [1.807, 2.05) is 48.5 Å². The molecule has 5 rings (SSSR count). The van der Waals surface area contributed by atoms with Gasteiger partial charge in [0.15, 0.2) is 0 Å². The zero-order valence-electron chi connectivity index (χ0n) is 16.0. The lowest BCUT2D eigenvalue weighted by Gasteiger charge is -2.13. The third-order valence-corrected chi connectivity index (χ3v) is 5.97. The molecule has 29 heavy (non-hydrogen) atoms. The molecular formula is C24H18N2O2S. The van der Waals surface area contributed by atoms with Crippen LogP contribution in [0.5, 0.6) is 11.5 Å². The van der Waals surface area contributed by atoms with Gasteiger partial charge in [-0.25, -0.2) is 9.97 Å². The van der Waals surface area contributed by atoms with E-state index in [1.54, 1.807) is 25.6 Å². The number of pyridine rings is 1. The average Bonchev–Trinajstić information content (AvgIpc) is 3.22. The Bertz CT molecular complexity index is 1300. The van der Waals surface area contributed by atoms with Crippen molar-refractivity contribution in [1.82, 2.24) is 9.97 Å². The molecule has 2 heterocycles. The SMILES string of the molecule is COc1cc(OC)c2cc(-c3nc4ccccc4s3)c(-c3ccccc3)nc2c1. The summed E-state index contributed by atoms with van der Waals surface area (Å²) in [5.41, 5.74) is 4.75. The monoisotopic (exact) mass is 398 g/mol. The van der Waals surface area contributed by atoms with E-state index in [2.05, 4.69) is 24.3 Å². The van der Waals surface area contributed by atoms with Crippen LogP contribution in [0.15, 0.2) is 72.8 Å². The van der Waals surface area contributed by atoms with Crippen LogP contribution in [0.3, 0.4) is 0 Å². The summed E-state index contributed by atoms with van der Waals surface area (Å²) < 4.78 is 12.2. The molecule has 0 aliphatic rings. The summed E-state index contributed by atoms with van der Waals surface area (Å²) in [6.45, 7) is 0. The van der Waals surface area contributed by atoms with Crippen LogP contribution < -0.4 is 9.47 Å². The maximum Gasteiger partial charge on any atom is 0.131 e. The average molecular weight is 398 g/mol. The second-order valence-corrected chi connectivity index (χ2v) is 7.66. The van der Waals surface area contributed by atoms with Crippen molar-refractivity contribution in [3.05, 3.63) is 72.8 Å². The number of hydrogen-bond donors (Lipinski definition) is 0. The van der Waals surface area contributed by atoms with Gasteiger partial charge in [-0.15, -0.1) is 11.3 Å². The molecule has 5 aromatic rings. The molecule has 0 N–H and O–H groups in total. The van der Waals surface area contributed by atoms with Gasteiger partial charge in [0, 0.05) is 28.6 Å². The Labute approximate surface area is 172 Å². The highest BCUT2D eigenvalue weighted by atomic mass is 32.1. The summed E-state index contributed by atoms with van der Waals surface area (Å²) in [5, 5.41) is 1.87. The van der Waals surface area contributed by atoms with Crippen LogP contribution in [-0.4, -0.2) is 24.2 Å². The van der Waals surface area contributed by atoms with Gasteiger partial charge in [0.2, 0.25) is 0 Å². The van der Waals surface area contributed by atoms with E-state index in [4.69, 9.17) is 19.4 Å². The zero-order chi connectivity index (χ0) is 19.8. The minimum atomic E-state index is 0.716. The first-order valence-corrected chi connectivity index (χ1v) is 10.1. The zero-order valence-corrected chi connectivity index (χ0v) is 16.9. The minimum Gasteiger partial charge on any atom is -0.497 e. The molecule has 3 aromatic carbocycles. The predicted molar refractivity (Wildman–Crippen MR) is 119 cm³/mol. The summed E-state index contributed by atoms with van der Waals surface area (Å²) in [6.07, 6.45) is 0. The molecule has 0 saturated carbocycles. The Morgan fingerprint density at radius 1 is 0.759 bits per heavy atom. The molecule has 2 aromatic heterocycles. The third kappa shape index (κ3) is 3.09. The summed E-state index contributed by atoms with van der Waals surface area (Å²) in [6, 6.07) is 24.3. The van der Waals surface area contributed by atoms with Crippen molar-refractivity contribution in [3.63, 3.8) is 0 Å². The van der Waals surface area contributed by atoms with Gasteiger partial charge >= 0.3 is 0 Å². The van der Waals surface area contributed by atoms with Crippen LogP contribution in [0.2, 0.25) is 0 Å². The maximum absolute atomic E-state index is 5.63. The Hall–Kier alpha value is -3.44. The van der Waals surface area contributed by atoms with Crippen LogP contribution >= 0.6 is 11.3 Å². The standard InChI is InChI=1S/C24H18N2O2S/c1-27-16-12-20-17(21(13-16)28-2)14-18(23(25-20)15-8-4-3-5-9-15)24-26-19-10-6-7-11-22(19)29-24/h3-14H,1-2H3. The number of para-hydroxylation sites is 1. The topological polar surface area (TPSA) is 44.2 Å². The van der Waals surface area contributed by atoms with Gasteiger partial charge in [0.1, 0.15) is 16.5 Å². The van der Waals surface area contributed by atoms with Gasteiger partial charge in [-0.1, -0.05) is 42.5 Å². The lowest BCUT2D eigenvalue weighted by Crippen LogP contribution is -1.95. The Balaban J connectivity index is 1.84. The van der Waals surface area contributed by atoms with Gasteiger partial charge in [-0.05, 0) is 18.2 Å². The van der Waals surface area contributed by atoms with Crippen LogP contribution in [0.25, 0.3) is 42.9 Å². The van der Waals surface area contributed by atoms with E-state index in [0.29, 0.717) is 5.75 Å². The second-order valence-electron chi connectivity index (χ2n) is 6.63. The van der Waals surface area contributed by atoms with Crippen molar-refractivity contribution >= 4 is 32.5 Å². The molecule has 0 radical (unpaired) electrons. The first kappa shape index (κ1) is 17.6. The molecule has 0 amide bonds. The molecule has 0 aliphatic carbocycles. The van der Waals surface area contributed by atoms with Gasteiger partial charge < -0.3 is 9.47 Å². The number of rotatable bonds is 4. The molecule has 4 nitrogen and oxygen atoms in total. The van der Waals surface area contributed by atoms with E-state index >= 15 is 0 Å². The normalized spacial score (nSPS) is 11.1. The number of hydrogen-bond acceptors (Lipinski definition) is 5. The number of methoxy groups -OCH3 is 2. The number of thiazole rings is 1. The second kappa shape index (κ2) is 7.18. The largest absolute Gasteiger partial charge is 0.497 e. The maximum atomic E-state index is 5.63. The molecule has 0 atom stereocenters. The fourth-order valence-electron chi connectivity index (χ4n) is 3.47. The fraction of sp³-hybridized carbons (Fsp3) is 0.0833.